The lowest BCUT2D eigenvalue weighted by Gasteiger charge is -2.27. The molecule has 0 saturated carbocycles. The number of hydrogen-bond donors (Lipinski definition) is 1. The molecule has 1 atom stereocenters. The number of carbonyl (C=O) groups is 1. The Kier molecular flexibility index (Phi) is 5.34. The van der Waals surface area contributed by atoms with E-state index in [4.69, 9.17) is 9.15 Å². The van der Waals surface area contributed by atoms with Crippen molar-refractivity contribution in [2.24, 2.45) is 0 Å². The third-order valence-electron chi connectivity index (χ3n) is 6.40. The van der Waals surface area contributed by atoms with E-state index >= 15 is 0 Å². The predicted molar refractivity (Wildman–Crippen MR) is 118 cm³/mol. The molecule has 1 aromatic heterocycles. The molecule has 2 aromatic carbocycles. The molecule has 0 spiro atoms. The molecule has 3 heterocycles. The van der Waals surface area contributed by atoms with Crippen LogP contribution in [0.2, 0.25) is 0 Å². The molecule has 31 heavy (non-hydrogen) atoms. The summed E-state index contributed by atoms with van der Waals surface area (Å²) < 4.78 is 11.4. The fourth-order valence-corrected chi connectivity index (χ4v) is 4.70. The Bertz CT molecular complexity index is 1160. The Balaban J connectivity index is 1.52. The van der Waals surface area contributed by atoms with Gasteiger partial charge in [0.1, 0.15) is 18.7 Å². The standard InChI is InChI=1S/C25H26N2O4/c1-17-7-9-18(10-8-17)22-21-23(28)19-5-2-3-6-20(19)31-24(21)25(29)27(22)12-4-11-26-13-15-30-16-14-26/h2-3,5-10,22H,4,11-16H2,1H3/p+1/t22-/m1/s1. The summed E-state index contributed by atoms with van der Waals surface area (Å²) in [4.78, 5) is 30.1. The Labute approximate surface area is 181 Å². The van der Waals surface area contributed by atoms with Crippen molar-refractivity contribution < 1.29 is 18.8 Å². The molecule has 0 radical (unpaired) electrons. The maximum atomic E-state index is 13.4. The fourth-order valence-electron chi connectivity index (χ4n) is 4.70. The van der Waals surface area contributed by atoms with Gasteiger partial charge < -0.3 is 19.0 Å². The Morgan fingerprint density at radius 2 is 1.77 bits per heavy atom. The second-order valence-electron chi connectivity index (χ2n) is 8.45. The number of nitrogens with one attached hydrogen (secondary N) is 1. The van der Waals surface area contributed by atoms with Gasteiger partial charge in [0, 0.05) is 13.0 Å². The summed E-state index contributed by atoms with van der Waals surface area (Å²) in [5.41, 5.74) is 2.89. The SMILES string of the molecule is Cc1ccc([C@@H]2c3c(oc4ccccc4c3=O)C(=O)N2CCC[NH+]2CCOCC2)cc1. The zero-order chi connectivity index (χ0) is 21.4. The zero-order valence-corrected chi connectivity index (χ0v) is 17.7. The van der Waals surface area contributed by atoms with Gasteiger partial charge in [-0.15, -0.1) is 0 Å². The highest BCUT2D eigenvalue weighted by Crippen LogP contribution is 2.38. The van der Waals surface area contributed by atoms with Crippen molar-refractivity contribution in [3.05, 3.63) is 81.2 Å². The van der Waals surface area contributed by atoms with Gasteiger partial charge in [0.25, 0.3) is 5.91 Å². The second-order valence-corrected chi connectivity index (χ2v) is 8.45. The minimum atomic E-state index is -0.413. The van der Waals surface area contributed by atoms with Crippen molar-refractivity contribution in [2.75, 3.05) is 39.4 Å². The lowest BCUT2D eigenvalue weighted by atomic mass is 9.97. The number of hydrogen-bond acceptors (Lipinski definition) is 4. The van der Waals surface area contributed by atoms with Crippen LogP contribution in [0, 0.1) is 6.92 Å². The van der Waals surface area contributed by atoms with E-state index in [1.54, 1.807) is 12.1 Å². The molecule has 1 amide bonds. The monoisotopic (exact) mass is 419 g/mol. The lowest BCUT2D eigenvalue weighted by molar-refractivity contribution is -0.908. The lowest BCUT2D eigenvalue weighted by Crippen LogP contribution is -3.14. The van der Waals surface area contributed by atoms with Gasteiger partial charge in [0.05, 0.1) is 36.8 Å². The van der Waals surface area contributed by atoms with Crippen molar-refractivity contribution in [1.29, 1.82) is 0 Å². The van der Waals surface area contributed by atoms with Crippen LogP contribution in [-0.2, 0) is 4.74 Å². The normalized spacial score (nSPS) is 19.2. The highest BCUT2D eigenvalue weighted by atomic mass is 16.5. The highest BCUT2D eigenvalue weighted by Gasteiger charge is 2.42. The van der Waals surface area contributed by atoms with Gasteiger partial charge in [-0.3, -0.25) is 9.59 Å². The molecule has 0 aliphatic carbocycles. The number of fused-ring (bicyclic) bond motifs is 2. The number of quaternary nitrogens is 1. The number of aryl methyl sites for hydroxylation is 1. The molecule has 160 valence electrons. The quantitative estimate of drug-likeness (QED) is 0.687. The first-order valence-corrected chi connectivity index (χ1v) is 11.0. The first-order chi connectivity index (χ1) is 15.1. The van der Waals surface area contributed by atoms with E-state index in [0.29, 0.717) is 23.1 Å². The minimum absolute atomic E-state index is 0.114. The number of carbonyl (C=O) groups excluding carboxylic acids is 1. The third-order valence-corrected chi connectivity index (χ3v) is 6.40. The molecule has 1 fully saturated rings. The maximum Gasteiger partial charge on any atom is 0.290 e. The topological polar surface area (TPSA) is 64.2 Å². The van der Waals surface area contributed by atoms with Crippen LogP contribution in [0.1, 0.15) is 39.7 Å². The molecule has 0 bridgehead atoms. The summed E-state index contributed by atoms with van der Waals surface area (Å²) in [6.45, 7) is 7.18. The number of amides is 1. The van der Waals surface area contributed by atoms with Gasteiger partial charge in [-0.25, -0.2) is 0 Å². The average Bonchev–Trinajstić information content (AvgIpc) is 3.07. The van der Waals surface area contributed by atoms with E-state index < -0.39 is 6.04 Å². The minimum Gasteiger partial charge on any atom is -0.450 e. The van der Waals surface area contributed by atoms with Crippen LogP contribution in [0.5, 0.6) is 0 Å². The molecule has 0 unspecified atom stereocenters. The molecule has 2 aliphatic heterocycles. The molecule has 5 rings (SSSR count). The Hall–Kier alpha value is -2.96. The smallest absolute Gasteiger partial charge is 0.290 e. The second kappa shape index (κ2) is 8.29. The van der Waals surface area contributed by atoms with Crippen molar-refractivity contribution in [1.82, 2.24) is 4.90 Å². The molecule has 1 saturated heterocycles. The van der Waals surface area contributed by atoms with Crippen molar-refractivity contribution in [3.63, 3.8) is 0 Å². The molecular formula is C25H27N2O4+. The predicted octanol–water partition coefficient (Wildman–Crippen LogP) is 1.95. The molecule has 3 aromatic rings. The van der Waals surface area contributed by atoms with Crippen molar-refractivity contribution in [2.45, 2.75) is 19.4 Å². The average molecular weight is 420 g/mol. The van der Waals surface area contributed by atoms with Gasteiger partial charge in [-0.2, -0.15) is 0 Å². The summed E-state index contributed by atoms with van der Waals surface area (Å²) in [5.74, 6) is -0.00611. The third kappa shape index (κ3) is 3.66. The van der Waals surface area contributed by atoms with Crippen LogP contribution in [-0.4, -0.2) is 50.2 Å². The van der Waals surface area contributed by atoms with Crippen LogP contribution < -0.4 is 10.3 Å². The number of morpholine rings is 1. The van der Waals surface area contributed by atoms with E-state index in [0.717, 1.165) is 50.4 Å². The summed E-state index contributed by atoms with van der Waals surface area (Å²) >= 11 is 0. The van der Waals surface area contributed by atoms with E-state index in [1.807, 2.05) is 48.2 Å². The fraction of sp³-hybridized carbons (Fsp3) is 0.360. The van der Waals surface area contributed by atoms with E-state index in [9.17, 15) is 9.59 Å². The molecule has 1 N–H and O–H groups in total. The van der Waals surface area contributed by atoms with E-state index in [-0.39, 0.29) is 17.1 Å². The van der Waals surface area contributed by atoms with Gasteiger partial charge in [0.15, 0.2) is 5.43 Å². The Morgan fingerprint density at radius 3 is 2.55 bits per heavy atom. The van der Waals surface area contributed by atoms with Crippen LogP contribution in [0.4, 0.5) is 0 Å². The molecule has 6 nitrogen and oxygen atoms in total. The summed E-state index contributed by atoms with van der Waals surface area (Å²) in [6.07, 6.45) is 0.866. The molecular weight excluding hydrogens is 392 g/mol. The van der Waals surface area contributed by atoms with E-state index in [2.05, 4.69) is 0 Å². The first-order valence-electron chi connectivity index (χ1n) is 11.0. The number of benzene rings is 2. The first kappa shape index (κ1) is 20.0. The van der Waals surface area contributed by atoms with Gasteiger partial charge >= 0.3 is 0 Å². The number of nitrogens with zero attached hydrogens (tertiary/aromatic N) is 1. The molecule has 2 aliphatic rings. The van der Waals surface area contributed by atoms with Gasteiger partial charge in [0.2, 0.25) is 5.76 Å². The number of ether oxygens (including phenoxy) is 1. The zero-order valence-electron chi connectivity index (χ0n) is 17.7. The van der Waals surface area contributed by atoms with Crippen LogP contribution >= 0.6 is 0 Å². The summed E-state index contributed by atoms with van der Waals surface area (Å²) in [6, 6.07) is 14.8. The number of para-hydroxylation sites is 1. The van der Waals surface area contributed by atoms with Gasteiger partial charge in [-0.05, 0) is 24.6 Å². The number of rotatable bonds is 5. The van der Waals surface area contributed by atoms with Gasteiger partial charge in [-0.1, -0.05) is 42.0 Å². The van der Waals surface area contributed by atoms with Crippen molar-refractivity contribution in [3.8, 4) is 0 Å². The van der Waals surface area contributed by atoms with Crippen LogP contribution in [0.3, 0.4) is 0 Å². The van der Waals surface area contributed by atoms with Crippen LogP contribution in [0.25, 0.3) is 11.0 Å². The van der Waals surface area contributed by atoms with E-state index in [1.165, 1.54) is 4.90 Å². The molecule has 6 heteroatoms. The highest BCUT2D eigenvalue weighted by molar-refractivity contribution is 5.99. The maximum absolute atomic E-state index is 13.4. The largest absolute Gasteiger partial charge is 0.450 e. The van der Waals surface area contributed by atoms with Crippen LogP contribution in [0.15, 0.2) is 57.7 Å². The Morgan fingerprint density at radius 1 is 1.03 bits per heavy atom. The van der Waals surface area contributed by atoms with Crippen molar-refractivity contribution >= 4 is 16.9 Å². The summed E-state index contributed by atoms with van der Waals surface area (Å²) in [5, 5.41) is 0.519. The summed E-state index contributed by atoms with van der Waals surface area (Å²) in [7, 11) is 0.